The summed E-state index contributed by atoms with van der Waals surface area (Å²) in [6, 6.07) is 6.92. The minimum atomic E-state index is -3.25. The Bertz CT molecular complexity index is 646. The van der Waals surface area contributed by atoms with Crippen LogP contribution in [0.3, 0.4) is 0 Å². The number of hydrogen-bond donors (Lipinski definition) is 1. The summed E-state index contributed by atoms with van der Waals surface area (Å²) in [6.07, 6.45) is 1.13. The molecule has 0 fully saturated rings. The largest absolute Gasteiger partial charge is 0.399 e. The summed E-state index contributed by atoms with van der Waals surface area (Å²) >= 11 is 0. The normalized spacial score (nSPS) is 13.4. The third-order valence-electron chi connectivity index (χ3n) is 2.60. The zero-order valence-corrected chi connectivity index (χ0v) is 10.8. The molecule has 1 heterocycles. The second-order valence-corrected chi connectivity index (χ2v) is 6.42. The number of nitrogen functional groups attached to an aromatic ring is 1. The maximum Gasteiger partial charge on any atom is 0.244 e. The van der Waals surface area contributed by atoms with Crippen molar-refractivity contribution in [1.82, 2.24) is 10.1 Å². The van der Waals surface area contributed by atoms with Crippen molar-refractivity contribution in [3.8, 4) is 11.4 Å². The zero-order chi connectivity index (χ0) is 13.3. The van der Waals surface area contributed by atoms with Crippen LogP contribution < -0.4 is 5.73 Å². The molecule has 1 aromatic carbocycles. The molecule has 0 spiro atoms. The van der Waals surface area contributed by atoms with Crippen LogP contribution in [0, 0.1) is 0 Å². The molecule has 1 unspecified atom stereocenters. The van der Waals surface area contributed by atoms with Crippen LogP contribution in [-0.2, 0) is 9.84 Å². The number of anilines is 1. The summed E-state index contributed by atoms with van der Waals surface area (Å²) in [5.74, 6) is 0.435. The first-order chi connectivity index (χ1) is 8.38. The van der Waals surface area contributed by atoms with E-state index in [1.54, 1.807) is 24.3 Å². The molecule has 0 saturated carbocycles. The predicted octanol–water partition coefficient (Wildman–Crippen LogP) is 1.42. The quantitative estimate of drug-likeness (QED) is 0.844. The number of aromatic nitrogens is 2. The van der Waals surface area contributed by atoms with Gasteiger partial charge in [0.2, 0.25) is 11.7 Å². The van der Waals surface area contributed by atoms with E-state index in [4.69, 9.17) is 10.3 Å². The van der Waals surface area contributed by atoms with Crippen molar-refractivity contribution in [2.75, 3.05) is 12.0 Å². The van der Waals surface area contributed by atoms with Gasteiger partial charge in [-0.05, 0) is 31.2 Å². The third-order valence-corrected chi connectivity index (χ3v) is 4.09. The highest BCUT2D eigenvalue weighted by Gasteiger charge is 2.24. The standard InChI is InChI=1S/C11H13N3O3S/c1-7(18(2,15)16)11-13-10(14-17-11)8-3-5-9(12)6-4-8/h3-7H,12H2,1-2H3. The number of rotatable bonds is 3. The SMILES string of the molecule is CC(c1nc(-c2ccc(N)cc2)no1)S(C)(=O)=O. The first-order valence-electron chi connectivity index (χ1n) is 5.26. The maximum absolute atomic E-state index is 11.4. The fraction of sp³-hybridized carbons (Fsp3) is 0.273. The smallest absolute Gasteiger partial charge is 0.244 e. The van der Waals surface area contributed by atoms with Crippen molar-refractivity contribution in [2.24, 2.45) is 0 Å². The Hall–Kier alpha value is -1.89. The van der Waals surface area contributed by atoms with E-state index in [0.717, 1.165) is 11.8 Å². The van der Waals surface area contributed by atoms with Crippen LogP contribution >= 0.6 is 0 Å². The number of benzene rings is 1. The second kappa shape index (κ2) is 4.41. The van der Waals surface area contributed by atoms with Crippen LogP contribution in [0.4, 0.5) is 5.69 Å². The van der Waals surface area contributed by atoms with E-state index in [2.05, 4.69) is 10.1 Å². The summed E-state index contributed by atoms with van der Waals surface area (Å²) in [6.45, 7) is 1.51. The molecule has 0 amide bonds. The van der Waals surface area contributed by atoms with E-state index in [-0.39, 0.29) is 5.89 Å². The molecule has 96 valence electrons. The van der Waals surface area contributed by atoms with Gasteiger partial charge in [0.1, 0.15) is 5.25 Å². The first kappa shape index (κ1) is 12.6. The van der Waals surface area contributed by atoms with Gasteiger partial charge in [-0.15, -0.1) is 0 Å². The van der Waals surface area contributed by atoms with Crippen molar-refractivity contribution < 1.29 is 12.9 Å². The zero-order valence-electron chi connectivity index (χ0n) is 9.99. The van der Waals surface area contributed by atoms with Crippen molar-refractivity contribution >= 4 is 15.5 Å². The molecule has 7 heteroatoms. The lowest BCUT2D eigenvalue weighted by atomic mass is 10.2. The lowest BCUT2D eigenvalue weighted by molar-refractivity contribution is 0.377. The molecule has 2 N–H and O–H groups in total. The Labute approximate surface area is 105 Å². The van der Waals surface area contributed by atoms with Crippen LogP contribution in [0.25, 0.3) is 11.4 Å². The van der Waals surface area contributed by atoms with Gasteiger partial charge in [-0.1, -0.05) is 5.16 Å². The van der Waals surface area contributed by atoms with Crippen LogP contribution in [-0.4, -0.2) is 24.8 Å². The minimum absolute atomic E-state index is 0.0873. The highest BCUT2D eigenvalue weighted by atomic mass is 32.2. The van der Waals surface area contributed by atoms with E-state index in [1.165, 1.54) is 6.92 Å². The Morgan fingerprint density at radius 2 is 1.89 bits per heavy atom. The van der Waals surface area contributed by atoms with Crippen LogP contribution in [0.5, 0.6) is 0 Å². The molecular formula is C11H13N3O3S. The Morgan fingerprint density at radius 3 is 2.44 bits per heavy atom. The highest BCUT2D eigenvalue weighted by molar-refractivity contribution is 7.90. The van der Waals surface area contributed by atoms with Gasteiger partial charge in [0, 0.05) is 17.5 Å². The topological polar surface area (TPSA) is 99.1 Å². The van der Waals surface area contributed by atoms with Gasteiger partial charge >= 0.3 is 0 Å². The lowest BCUT2D eigenvalue weighted by Crippen LogP contribution is -2.07. The molecule has 2 rings (SSSR count). The van der Waals surface area contributed by atoms with E-state index >= 15 is 0 Å². The molecule has 0 aliphatic rings. The number of hydrogen-bond acceptors (Lipinski definition) is 6. The van der Waals surface area contributed by atoms with Gasteiger partial charge in [0.05, 0.1) is 0 Å². The number of sulfone groups is 1. The predicted molar refractivity (Wildman–Crippen MR) is 67.4 cm³/mol. The monoisotopic (exact) mass is 267 g/mol. The molecule has 18 heavy (non-hydrogen) atoms. The highest BCUT2D eigenvalue weighted by Crippen LogP contribution is 2.23. The second-order valence-electron chi connectivity index (χ2n) is 4.05. The van der Waals surface area contributed by atoms with Gasteiger partial charge in [-0.25, -0.2) is 8.42 Å². The van der Waals surface area contributed by atoms with Gasteiger partial charge in [-0.2, -0.15) is 4.98 Å². The molecule has 1 aromatic heterocycles. The Kier molecular flexibility index (Phi) is 3.08. The molecule has 2 aromatic rings. The van der Waals surface area contributed by atoms with Gasteiger partial charge < -0.3 is 10.3 Å². The first-order valence-corrected chi connectivity index (χ1v) is 7.22. The summed E-state index contributed by atoms with van der Waals surface area (Å²) in [4.78, 5) is 4.08. The Morgan fingerprint density at radius 1 is 1.28 bits per heavy atom. The average molecular weight is 267 g/mol. The summed E-state index contributed by atoms with van der Waals surface area (Å²) in [5, 5.41) is 2.95. The van der Waals surface area contributed by atoms with Gasteiger partial charge in [0.25, 0.3) is 0 Å². The summed E-state index contributed by atoms with van der Waals surface area (Å²) < 4.78 is 27.7. The van der Waals surface area contributed by atoms with Crippen molar-refractivity contribution in [3.05, 3.63) is 30.2 Å². The van der Waals surface area contributed by atoms with Crippen LogP contribution in [0.1, 0.15) is 18.1 Å². The molecule has 0 bridgehead atoms. The molecule has 6 nitrogen and oxygen atoms in total. The number of nitrogens with zero attached hydrogens (tertiary/aromatic N) is 2. The van der Waals surface area contributed by atoms with E-state index in [0.29, 0.717) is 11.5 Å². The van der Waals surface area contributed by atoms with E-state index in [1.807, 2.05) is 0 Å². The molecule has 0 radical (unpaired) electrons. The Balaban J connectivity index is 2.34. The fourth-order valence-corrected chi connectivity index (χ4v) is 1.79. The lowest BCUT2D eigenvalue weighted by Gasteiger charge is -2.01. The minimum Gasteiger partial charge on any atom is -0.399 e. The van der Waals surface area contributed by atoms with Crippen molar-refractivity contribution in [1.29, 1.82) is 0 Å². The van der Waals surface area contributed by atoms with Crippen LogP contribution in [0.15, 0.2) is 28.8 Å². The van der Waals surface area contributed by atoms with Crippen molar-refractivity contribution in [3.63, 3.8) is 0 Å². The summed E-state index contributed by atoms with van der Waals surface area (Å²) in [5.41, 5.74) is 6.93. The maximum atomic E-state index is 11.4. The summed E-state index contributed by atoms with van der Waals surface area (Å²) in [7, 11) is -3.25. The number of nitrogens with two attached hydrogens (primary N) is 1. The fourth-order valence-electron chi connectivity index (χ4n) is 1.33. The van der Waals surface area contributed by atoms with Gasteiger partial charge in [0.15, 0.2) is 9.84 Å². The molecule has 1 atom stereocenters. The van der Waals surface area contributed by atoms with Gasteiger partial charge in [-0.3, -0.25) is 0 Å². The van der Waals surface area contributed by atoms with Crippen molar-refractivity contribution in [2.45, 2.75) is 12.2 Å². The molecule has 0 aliphatic heterocycles. The van der Waals surface area contributed by atoms with E-state index in [9.17, 15) is 8.42 Å². The third kappa shape index (κ3) is 2.51. The molecule has 0 saturated heterocycles. The molecule has 0 aliphatic carbocycles. The van der Waals surface area contributed by atoms with E-state index < -0.39 is 15.1 Å². The molecular weight excluding hydrogens is 254 g/mol. The average Bonchev–Trinajstić information content (AvgIpc) is 2.77. The van der Waals surface area contributed by atoms with Crippen LogP contribution in [0.2, 0.25) is 0 Å².